The van der Waals surface area contributed by atoms with E-state index in [0.717, 1.165) is 39.1 Å². The predicted molar refractivity (Wildman–Crippen MR) is 151 cm³/mol. The topological polar surface area (TPSA) is 68.2 Å². The molecule has 0 spiro atoms. The van der Waals surface area contributed by atoms with Crippen molar-refractivity contribution in [3.8, 4) is 11.5 Å². The lowest BCUT2D eigenvalue weighted by Crippen LogP contribution is -2.10. The summed E-state index contributed by atoms with van der Waals surface area (Å²) in [5.41, 5.74) is 5.64. The molecule has 0 aliphatic rings. The molecule has 0 amide bonds. The van der Waals surface area contributed by atoms with Crippen LogP contribution in [0.5, 0.6) is 11.5 Å². The number of aliphatic hydroxyl groups excluding tert-OH is 1. The number of benzene rings is 4. The summed E-state index contributed by atoms with van der Waals surface area (Å²) < 4.78 is 17.1. The van der Waals surface area contributed by atoms with Crippen molar-refractivity contribution >= 4 is 11.1 Å². The minimum Gasteiger partial charge on any atom is -0.507 e. The highest BCUT2D eigenvalue weighted by Gasteiger charge is 2.16. The maximum atomic E-state index is 10.7. The Kier molecular flexibility index (Phi) is 10.5. The first-order valence-electron chi connectivity index (χ1n) is 12.9. The number of hydrogen-bond acceptors (Lipinski definition) is 5. The van der Waals surface area contributed by atoms with E-state index in [1.54, 1.807) is 12.1 Å². The lowest BCUT2D eigenvalue weighted by atomic mass is 9.87. The normalized spacial score (nSPS) is 11.7. The summed E-state index contributed by atoms with van der Waals surface area (Å²) in [4.78, 5) is 0. The molecule has 0 bridgehead atoms. The van der Waals surface area contributed by atoms with Crippen LogP contribution in [-0.4, -0.2) is 43.2 Å². The third-order valence-corrected chi connectivity index (χ3v) is 6.08. The second kappa shape index (κ2) is 14.7. The quantitative estimate of drug-likeness (QED) is 0.153. The van der Waals surface area contributed by atoms with Crippen molar-refractivity contribution in [2.45, 2.75) is 13.0 Å². The fraction of sp³-hybridized carbons (Fsp3) is 0.212. The average molecular weight is 511 g/mol. The van der Waals surface area contributed by atoms with Gasteiger partial charge in [0.05, 0.1) is 26.4 Å². The molecule has 0 heterocycles. The summed E-state index contributed by atoms with van der Waals surface area (Å²) in [5.74, 6) is 0.928. The third-order valence-electron chi connectivity index (χ3n) is 6.08. The van der Waals surface area contributed by atoms with Crippen LogP contribution in [0.15, 0.2) is 109 Å². The molecule has 5 nitrogen and oxygen atoms in total. The summed E-state index contributed by atoms with van der Waals surface area (Å²) in [6, 6.07) is 35.1. The van der Waals surface area contributed by atoms with Gasteiger partial charge in [0, 0.05) is 12.2 Å². The van der Waals surface area contributed by atoms with E-state index in [0.29, 0.717) is 39.5 Å². The van der Waals surface area contributed by atoms with Crippen LogP contribution in [0.3, 0.4) is 0 Å². The van der Waals surface area contributed by atoms with Gasteiger partial charge in [-0.15, -0.1) is 0 Å². The van der Waals surface area contributed by atoms with Crippen molar-refractivity contribution in [1.29, 1.82) is 0 Å². The van der Waals surface area contributed by atoms with Gasteiger partial charge in [0.25, 0.3) is 0 Å². The molecule has 5 heteroatoms. The van der Waals surface area contributed by atoms with E-state index in [-0.39, 0.29) is 12.4 Å². The largest absolute Gasteiger partial charge is 0.507 e. The van der Waals surface area contributed by atoms with Crippen molar-refractivity contribution in [3.63, 3.8) is 0 Å². The van der Waals surface area contributed by atoms with E-state index in [4.69, 9.17) is 14.2 Å². The highest BCUT2D eigenvalue weighted by atomic mass is 16.5. The van der Waals surface area contributed by atoms with Crippen molar-refractivity contribution in [2.24, 2.45) is 0 Å². The molecule has 0 aliphatic carbocycles. The standard InChI is InChI=1S/C33H34O5/c34-20-19-30(27-11-5-2-6-12-27)33(31-13-7-8-14-32(31)35)28-15-17-29(18-16-28)38-24-23-36-21-22-37-25-26-9-3-1-4-10-26/h1-18,34-35H,19-25H2/b33-30-. The van der Waals surface area contributed by atoms with Gasteiger partial charge in [-0.2, -0.15) is 0 Å². The smallest absolute Gasteiger partial charge is 0.123 e. The molecule has 0 aromatic heterocycles. The molecule has 0 radical (unpaired) electrons. The van der Waals surface area contributed by atoms with E-state index in [1.165, 1.54) is 0 Å². The first-order valence-corrected chi connectivity index (χ1v) is 12.9. The number of phenolic OH excluding ortho intramolecular Hbond substituents is 1. The molecule has 0 saturated heterocycles. The number of ether oxygens (including phenoxy) is 3. The maximum absolute atomic E-state index is 10.7. The number of phenols is 1. The molecule has 2 N–H and O–H groups in total. The van der Waals surface area contributed by atoms with Crippen LogP contribution < -0.4 is 4.74 Å². The van der Waals surface area contributed by atoms with E-state index < -0.39 is 0 Å². The molecule has 38 heavy (non-hydrogen) atoms. The Bertz CT molecular complexity index is 1270. The fourth-order valence-corrected chi connectivity index (χ4v) is 4.26. The lowest BCUT2D eigenvalue weighted by molar-refractivity contribution is 0.0303. The third kappa shape index (κ3) is 7.80. The van der Waals surface area contributed by atoms with Crippen LogP contribution in [-0.2, 0) is 16.1 Å². The minimum absolute atomic E-state index is 0.000185. The number of aliphatic hydroxyl groups is 1. The summed E-state index contributed by atoms with van der Waals surface area (Å²) in [7, 11) is 0. The van der Waals surface area contributed by atoms with Gasteiger partial charge in [0.1, 0.15) is 18.1 Å². The Hall–Kier alpha value is -3.90. The monoisotopic (exact) mass is 510 g/mol. The zero-order valence-corrected chi connectivity index (χ0v) is 21.5. The molecule has 0 unspecified atom stereocenters. The molecule has 4 aromatic rings. The number of aromatic hydroxyl groups is 1. The molecule has 196 valence electrons. The van der Waals surface area contributed by atoms with Crippen molar-refractivity contribution < 1.29 is 24.4 Å². The van der Waals surface area contributed by atoms with Crippen LogP contribution in [0.25, 0.3) is 11.1 Å². The predicted octanol–water partition coefficient (Wildman–Crippen LogP) is 6.35. The van der Waals surface area contributed by atoms with Crippen LogP contribution in [0.4, 0.5) is 0 Å². The zero-order valence-electron chi connectivity index (χ0n) is 21.5. The second-order valence-electron chi connectivity index (χ2n) is 8.73. The Morgan fingerprint density at radius 3 is 1.95 bits per heavy atom. The molecule has 4 rings (SSSR count). The van der Waals surface area contributed by atoms with Crippen molar-refractivity contribution in [2.75, 3.05) is 33.0 Å². The van der Waals surface area contributed by atoms with Gasteiger partial charge in [-0.05, 0) is 52.5 Å². The Balaban J connectivity index is 1.38. The van der Waals surface area contributed by atoms with Gasteiger partial charge in [0.15, 0.2) is 0 Å². The van der Waals surface area contributed by atoms with Gasteiger partial charge in [0.2, 0.25) is 0 Å². The van der Waals surface area contributed by atoms with Gasteiger partial charge < -0.3 is 24.4 Å². The summed E-state index contributed by atoms with van der Waals surface area (Å²) in [6.45, 7) is 2.52. The van der Waals surface area contributed by atoms with E-state index in [1.807, 2.05) is 97.1 Å². The van der Waals surface area contributed by atoms with Gasteiger partial charge in [-0.25, -0.2) is 0 Å². The minimum atomic E-state index is -0.000185. The van der Waals surface area contributed by atoms with E-state index in [2.05, 4.69) is 0 Å². The maximum Gasteiger partial charge on any atom is 0.123 e. The first-order chi connectivity index (χ1) is 18.8. The highest BCUT2D eigenvalue weighted by molar-refractivity contribution is 6.00. The summed E-state index contributed by atoms with van der Waals surface area (Å²) in [6.07, 6.45) is 0.457. The Labute approximate surface area is 224 Å². The molecular formula is C33H34O5. The van der Waals surface area contributed by atoms with E-state index in [9.17, 15) is 10.2 Å². The highest BCUT2D eigenvalue weighted by Crippen LogP contribution is 2.38. The number of rotatable bonds is 14. The van der Waals surface area contributed by atoms with Gasteiger partial charge in [-0.3, -0.25) is 0 Å². The SMILES string of the molecule is OCC/C(=C(\c1ccc(OCCOCCOCc2ccccc2)cc1)c1ccccc1O)c1ccccc1. The summed E-state index contributed by atoms with van der Waals surface area (Å²) in [5, 5.41) is 20.6. The molecule has 0 atom stereocenters. The van der Waals surface area contributed by atoms with Crippen molar-refractivity contribution in [3.05, 3.63) is 131 Å². The fourth-order valence-electron chi connectivity index (χ4n) is 4.26. The lowest BCUT2D eigenvalue weighted by Gasteiger charge is -2.18. The van der Waals surface area contributed by atoms with Gasteiger partial charge in [-0.1, -0.05) is 91.0 Å². The van der Waals surface area contributed by atoms with E-state index >= 15 is 0 Å². The molecule has 0 aliphatic heterocycles. The first kappa shape index (κ1) is 27.1. The molecule has 0 saturated carbocycles. The molecular weight excluding hydrogens is 476 g/mol. The van der Waals surface area contributed by atoms with Crippen LogP contribution in [0, 0.1) is 0 Å². The molecule has 0 fully saturated rings. The number of hydrogen-bond donors (Lipinski definition) is 2. The van der Waals surface area contributed by atoms with Crippen molar-refractivity contribution in [1.82, 2.24) is 0 Å². The number of para-hydroxylation sites is 1. The Morgan fingerprint density at radius 2 is 1.24 bits per heavy atom. The van der Waals surface area contributed by atoms with Gasteiger partial charge >= 0.3 is 0 Å². The summed E-state index contributed by atoms with van der Waals surface area (Å²) >= 11 is 0. The zero-order chi connectivity index (χ0) is 26.4. The van der Waals surface area contributed by atoms with Crippen LogP contribution >= 0.6 is 0 Å². The average Bonchev–Trinajstić information content (AvgIpc) is 2.97. The second-order valence-corrected chi connectivity index (χ2v) is 8.73. The Morgan fingerprint density at radius 1 is 0.605 bits per heavy atom. The van der Waals surface area contributed by atoms with Crippen LogP contribution in [0.2, 0.25) is 0 Å². The molecule has 4 aromatic carbocycles. The van der Waals surface area contributed by atoms with Crippen LogP contribution in [0.1, 0.15) is 28.7 Å².